The molecule has 0 saturated heterocycles. The Morgan fingerprint density at radius 3 is 2.18 bits per heavy atom. The van der Waals surface area contributed by atoms with E-state index in [-0.39, 0.29) is 6.04 Å². The Morgan fingerprint density at radius 1 is 0.932 bits per heavy atom. The summed E-state index contributed by atoms with van der Waals surface area (Å²) in [5, 5.41) is 8.73. The number of likely N-dealkylation sites (N-methyl/N-ethyl adjacent to an activating group) is 1. The van der Waals surface area contributed by atoms with E-state index in [1.807, 2.05) is 32.0 Å². The normalized spacial score (nSPS) is 19.6. The summed E-state index contributed by atoms with van der Waals surface area (Å²) >= 11 is 0. The Bertz CT molecular complexity index is 1130. The van der Waals surface area contributed by atoms with Crippen molar-refractivity contribution in [3.05, 3.63) is 102 Å². The van der Waals surface area contributed by atoms with Crippen molar-refractivity contribution in [3.8, 4) is 0 Å². The van der Waals surface area contributed by atoms with Gasteiger partial charge in [-0.2, -0.15) is 0 Å². The molecule has 6 heteroatoms. The van der Waals surface area contributed by atoms with Crippen molar-refractivity contribution in [1.82, 2.24) is 19.7 Å². The first-order valence-electron chi connectivity index (χ1n) is 17.0. The molecule has 0 fully saturated rings. The summed E-state index contributed by atoms with van der Waals surface area (Å²) in [6, 6.07) is 6.82. The molecule has 0 radical (unpaired) electrons. The first-order valence-corrected chi connectivity index (χ1v) is 17.0. The fourth-order valence-corrected chi connectivity index (χ4v) is 6.12. The van der Waals surface area contributed by atoms with Crippen molar-refractivity contribution in [1.29, 1.82) is 5.41 Å². The monoisotopic (exact) mass is 601 g/mol. The summed E-state index contributed by atoms with van der Waals surface area (Å²) in [5.41, 5.74) is 2.28. The van der Waals surface area contributed by atoms with Crippen LogP contribution in [0.5, 0.6) is 0 Å². The third-order valence-corrected chi connectivity index (χ3v) is 8.49. The molecule has 2 heterocycles. The summed E-state index contributed by atoms with van der Waals surface area (Å²) in [6.07, 6.45) is 25.8. The van der Waals surface area contributed by atoms with Crippen molar-refractivity contribution < 1.29 is 4.74 Å². The molecule has 242 valence electrons. The maximum Gasteiger partial charge on any atom is 0.130 e. The Labute approximate surface area is 269 Å². The summed E-state index contributed by atoms with van der Waals surface area (Å²) in [6.45, 7) is 21.3. The molecule has 44 heavy (non-hydrogen) atoms. The zero-order chi connectivity index (χ0) is 32.3. The number of allylic oxidation sites excluding steroid dienone is 6. The van der Waals surface area contributed by atoms with Crippen LogP contribution in [0.4, 0.5) is 0 Å². The maximum atomic E-state index is 8.73. The van der Waals surface area contributed by atoms with E-state index in [0.717, 1.165) is 62.5 Å². The number of ether oxygens (including phenoxy) is 1. The minimum atomic E-state index is 0.114. The van der Waals surface area contributed by atoms with Crippen LogP contribution in [0.1, 0.15) is 87.5 Å². The quantitative estimate of drug-likeness (QED) is 0.203. The van der Waals surface area contributed by atoms with Gasteiger partial charge in [0.05, 0.1) is 5.70 Å². The third-order valence-electron chi connectivity index (χ3n) is 8.49. The number of nitrogens with one attached hydrogen (secondary N) is 1. The lowest BCUT2D eigenvalue weighted by Crippen LogP contribution is -2.49. The minimum absolute atomic E-state index is 0.114. The van der Waals surface area contributed by atoms with Crippen molar-refractivity contribution in [2.75, 3.05) is 26.2 Å². The summed E-state index contributed by atoms with van der Waals surface area (Å²) < 4.78 is 6.62. The van der Waals surface area contributed by atoms with Gasteiger partial charge in [0.1, 0.15) is 23.4 Å². The summed E-state index contributed by atoms with van der Waals surface area (Å²) in [5.74, 6) is 2.64. The van der Waals surface area contributed by atoms with Crippen LogP contribution in [0.25, 0.3) is 0 Å². The van der Waals surface area contributed by atoms with Crippen molar-refractivity contribution in [3.63, 3.8) is 0 Å². The number of fused-ring (bicyclic) bond motifs is 1. The highest BCUT2D eigenvalue weighted by molar-refractivity contribution is 5.98. The van der Waals surface area contributed by atoms with E-state index >= 15 is 0 Å². The Kier molecular flexibility index (Phi) is 17.2. The number of rotatable bonds is 11. The number of hydrogen-bond acceptors (Lipinski definition) is 5. The predicted octanol–water partition coefficient (Wildman–Crippen LogP) is 8.90. The minimum Gasteiger partial charge on any atom is -0.461 e. The van der Waals surface area contributed by atoms with Crippen LogP contribution in [0, 0.1) is 5.41 Å². The highest BCUT2D eigenvalue weighted by Crippen LogP contribution is 2.39. The molecular weight excluding hydrogens is 542 g/mol. The second-order valence-corrected chi connectivity index (χ2v) is 10.8. The third kappa shape index (κ3) is 10.1. The van der Waals surface area contributed by atoms with E-state index in [1.54, 1.807) is 12.4 Å². The Morgan fingerprint density at radius 2 is 1.64 bits per heavy atom. The van der Waals surface area contributed by atoms with Crippen molar-refractivity contribution in [2.24, 2.45) is 0 Å². The van der Waals surface area contributed by atoms with Crippen LogP contribution >= 0.6 is 0 Å². The lowest BCUT2D eigenvalue weighted by molar-refractivity contribution is 0.0896. The van der Waals surface area contributed by atoms with E-state index in [0.29, 0.717) is 24.3 Å². The van der Waals surface area contributed by atoms with Crippen LogP contribution in [0.15, 0.2) is 102 Å². The largest absolute Gasteiger partial charge is 0.461 e. The molecule has 3 aliphatic rings. The zero-order valence-corrected chi connectivity index (χ0v) is 28.8. The highest BCUT2D eigenvalue weighted by Gasteiger charge is 2.37. The number of amidine groups is 1. The van der Waals surface area contributed by atoms with Gasteiger partial charge in [-0.05, 0) is 64.4 Å². The van der Waals surface area contributed by atoms with Gasteiger partial charge in [-0.25, -0.2) is 0 Å². The molecular formula is C38H59N5O. The number of hydrogen-bond donors (Lipinski definition) is 1. The number of aromatic nitrogens is 1. The standard InChI is InChI=1S/C31H48N4O.C5H5N.C2H6/c1-7-25(33(9-3)10-4)23-26(8-2)35-27-18-14-13-15-20-29(27)36-30-22-21-24(17-16-19-28(30)35)31(32)34(11-5)12-6;1-2-4-6-5-3-1;1-2/h13-18,20-21,25-27,32H,7-12,19,22-23H2,1-6H3;1-5H;1-2H3/b17-16?,24-21+,32-31?;;. The first kappa shape index (κ1) is 36.8. The average molecular weight is 602 g/mol. The van der Waals surface area contributed by atoms with Crippen molar-refractivity contribution in [2.45, 2.75) is 106 Å². The first-order chi connectivity index (χ1) is 21.5. The Balaban J connectivity index is 0.000000740. The average Bonchev–Trinajstić information content (AvgIpc) is 3.31. The fraction of sp³-hybridized carbons (Fsp3) is 0.526. The van der Waals surface area contributed by atoms with Gasteiger partial charge in [0.2, 0.25) is 0 Å². The Hall–Kier alpha value is -3.38. The van der Waals surface area contributed by atoms with E-state index < -0.39 is 0 Å². The lowest BCUT2D eigenvalue weighted by atomic mass is 9.94. The molecule has 0 amide bonds. The molecule has 1 aromatic heterocycles. The molecule has 1 aliphatic heterocycles. The fourth-order valence-electron chi connectivity index (χ4n) is 6.12. The molecule has 0 spiro atoms. The molecule has 0 bridgehead atoms. The van der Waals surface area contributed by atoms with Crippen molar-refractivity contribution >= 4 is 5.84 Å². The van der Waals surface area contributed by atoms with Gasteiger partial charge in [-0.1, -0.05) is 90.1 Å². The summed E-state index contributed by atoms with van der Waals surface area (Å²) in [4.78, 5) is 11.2. The smallest absolute Gasteiger partial charge is 0.130 e. The molecule has 3 atom stereocenters. The molecule has 2 aliphatic carbocycles. The molecule has 0 saturated carbocycles. The van der Waals surface area contributed by atoms with Crippen LogP contribution < -0.4 is 0 Å². The molecule has 3 unspecified atom stereocenters. The van der Waals surface area contributed by atoms with Gasteiger partial charge >= 0.3 is 0 Å². The summed E-state index contributed by atoms with van der Waals surface area (Å²) in [7, 11) is 0. The predicted molar refractivity (Wildman–Crippen MR) is 188 cm³/mol. The van der Waals surface area contributed by atoms with Gasteiger partial charge < -0.3 is 19.4 Å². The maximum absolute atomic E-state index is 8.73. The number of nitrogens with zero attached hydrogens (tertiary/aromatic N) is 4. The number of pyridine rings is 1. The van der Waals surface area contributed by atoms with Crippen LogP contribution in [0.2, 0.25) is 0 Å². The second kappa shape index (κ2) is 20.6. The van der Waals surface area contributed by atoms with Crippen LogP contribution in [-0.4, -0.2) is 69.8 Å². The zero-order valence-electron chi connectivity index (χ0n) is 28.8. The van der Waals surface area contributed by atoms with E-state index in [4.69, 9.17) is 10.1 Å². The van der Waals surface area contributed by atoms with Gasteiger partial charge in [-0.15, -0.1) is 0 Å². The molecule has 1 N–H and O–H groups in total. The van der Waals surface area contributed by atoms with Gasteiger partial charge in [0, 0.05) is 56.0 Å². The van der Waals surface area contributed by atoms with Gasteiger partial charge in [0.25, 0.3) is 0 Å². The lowest BCUT2D eigenvalue weighted by Gasteiger charge is -2.46. The second-order valence-electron chi connectivity index (χ2n) is 10.8. The highest BCUT2D eigenvalue weighted by atomic mass is 16.5. The molecule has 4 rings (SSSR count). The molecule has 6 nitrogen and oxygen atoms in total. The van der Waals surface area contributed by atoms with Crippen LogP contribution in [-0.2, 0) is 4.74 Å². The topological polar surface area (TPSA) is 55.7 Å². The molecule has 0 aromatic carbocycles. The molecule has 1 aromatic rings. The van der Waals surface area contributed by atoms with Crippen LogP contribution in [0.3, 0.4) is 0 Å². The van der Waals surface area contributed by atoms with E-state index in [1.165, 1.54) is 12.1 Å². The van der Waals surface area contributed by atoms with E-state index in [9.17, 15) is 0 Å². The van der Waals surface area contributed by atoms with E-state index in [2.05, 4.69) is 110 Å². The van der Waals surface area contributed by atoms with Gasteiger partial charge in [0.15, 0.2) is 0 Å². The SMILES string of the molecule is CC.CCC(CC(CC)N1C2=C(C/C=C(/C(=N)N(CC)CC)C=CC2)OC2=CC=CC=CC21)N(CC)CC.c1ccncc1. The van der Waals surface area contributed by atoms with Gasteiger partial charge in [-0.3, -0.25) is 10.4 Å².